The maximum absolute atomic E-state index is 13.4. The molecule has 11 heteroatoms. The fourth-order valence-corrected chi connectivity index (χ4v) is 5.50. The van der Waals surface area contributed by atoms with Crippen LogP contribution in [-0.4, -0.2) is 24.5 Å². The molecule has 1 fully saturated rings. The number of amides is 4. The minimum Gasteiger partial charge on any atom is -0.490 e. The number of hydrogen-bond acceptors (Lipinski definition) is 5. The van der Waals surface area contributed by atoms with Crippen molar-refractivity contribution < 1.29 is 23.9 Å². The number of anilines is 1. The first-order valence-electron chi connectivity index (χ1n) is 11.3. The first-order valence-corrected chi connectivity index (χ1v) is 13.9. The SMILES string of the molecule is CCOc1cc(/C=C2/C(=O)NC(=O)N(c3ccc(Br)cc3C)C2=O)cc(I)c1OCc1ccc(Cl)cc1Cl. The fourth-order valence-electron chi connectivity index (χ4n) is 3.78. The van der Waals surface area contributed by atoms with Gasteiger partial charge in [0.05, 0.1) is 15.9 Å². The van der Waals surface area contributed by atoms with Crippen molar-refractivity contribution in [1.82, 2.24) is 5.32 Å². The molecule has 4 amide bonds. The van der Waals surface area contributed by atoms with Gasteiger partial charge in [0.15, 0.2) is 11.5 Å². The molecule has 0 aliphatic carbocycles. The van der Waals surface area contributed by atoms with Gasteiger partial charge >= 0.3 is 6.03 Å². The number of carbonyl (C=O) groups is 3. The van der Waals surface area contributed by atoms with Crippen LogP contribution in [0.3, 0.4) is 0 Å². The Balaban J connectivity index is 1.67. The first kappa shape index (κ1) is 28.4. The lowest BCUT2D eigenvalue weighted by Gasteiger charge is -2.27. The van der Waals surface area contributed by atoms with Crippen LogP contribution < -0.4 is 19.7 Å². The highest BCUT2D eigenvalue weighted by atomic mass is 127. The minimum atomic E-state index is -0.809. The molecule has 1 N–H and O–H groups in total. The molecule has 1 aliphatic heterocycles. The van der Waals surface area contributed by atoms with E-state index >= 15 is 0 Å². The number of aryl methyl sites for hydroxylation is 1. The molecule has 3 aromatic carbocycles. The third kappa shape index (κ3) is 6.17. The van der Waals surface area contributed by atoms with E-state index in [-0.39, 0.29) is 12.2 Å². The van der Waals surface area contributed by atoms with Crippen molar-refractivity contribution >= 4 is 91.3 Å². The van der Waals surface area contributed by atoms with Gasteiger partial charge in [0.2, 0.25) is 0 Å². The number of barbiturate groups is 1. The highest BCUT2D eigenvalue weighted by Gasteiger charge is 2.37. The van der Waals surface area contributed by atoms with Crippen molar-refractivity contribution in [2.75, 3.05) is 11.5 Å². The number of nitrogens with one attached hydrogen (secondary N) is 1. The second kappa shape index (κ2) is 12.1. The highest BCUT2D eigenvalue weighted by Crippen LogP contribution is 2.37. The van der Waals surface area contributed by atoms with Crippen LogP contribution in [0.25, 0.3) is 6.08 Å². The van der Waals surface area contributed by atoms with Gasteiger partial charge in [-0.05, 0) is 96.1 Å². The molecule has 0 spiro atoms. The Morgan fingerprint density at radius 2 is 1.82 bits per heavy atom. The molecule has 0 unspecified atom stereocenters. The van der Waals surface area contributed by atoms with Crippen molar-refractivity contribution in [2.24, 2.45) is 0 Å². The number of benzene rings is 3. The van der Waals surface area contributed by atoms with Crippen molar-refractivity contribution in [2.45, 2.75) is 20.5 Å². The van der Waals surface area contributed by atoms with Gasteiger partial charge in [-0.25, -0.2) is 9.69 Å². The van der Waals surface area contributed by atoms with Gasteiger partial charge in [0.25, 0.3) is 11.8 Å². The highest BCUT2D eigenvalue weighted by molar-refractivity contribution is 14.1. The van der Waals surface area contributed by atoms with E-state index in [9.17, 15) is 14.4 Å². The number of hydrogen-bond donors (Lipinski definition) is 1. The molecule has 1 saturated heterocycles. The summed E-state index contributed by atoms with van der Waals surface area (Å²) in [5, 5.41) is 3.26. The van der Waals surface area contributed by atoms with E-state index in [0.717, 1.165) is 14.9 Å². The molecule has 1 aliphatic rings. The van der Waals surface area contributed by atoms with E-state index in [4.69, 9.17) is 32.7 Å². The summed E-state index contributed by atoms with van der Waals surface area (Å²) >= 11 is 17.7. The van der Waals surface area contributed by atoms with E-state index in [1.54, 1.807) is 55.5 Å². The number of nitrogens with zero attached hydrogens (tertiary/aromatic N) is 1. The lowest BCUT2D eigenvalue weighted by atomic mass is 10.1. The van der Waals surface area contributed by atoms with Gasteiger partial charge in [-0.2, -0.15) is 0 Å². The van der Waals surface area contributed by atoms with E-state index < -0.39 is 17.8 Å². The molecule has 0 radical (unpaired) electrons. The van der Waals surface area contributed by atoms with Crippen molar-refractivity contribution in [3.05, 3.63) is 88.9 Å². The van der Waals surface area contributed by atoms with Crippen LogP contribution in [0.2, 0.25) is 10.0 Å². The Bertz CT molecular complexity index is 1490. The average Bonchev–Trinajstić information content (AvgIpc) is 2.83. The topological polar surface area (TPSA) is 84.9 Å². The molecular weight excluding hydrogens is 710 g/mol. The number of imide groups is 2. The molecule has 38 heavy (non-hydrogen) atoms. The molecule has 196 valence electrons. The standard InChI is InChI=1S/C27H20BrCl2IN2O5/c1-3-37-23-11-15(10-21(31)24(23)38-13-16-4-6-18(29)12-20(16)30)9-19-25(34)32-27(36)33(26(19)35)22-7-5-17(28)8-14(22)2/h4-12H,3,13H2,1-2H3,(H,32,34,36)/b19-9-. The molecular formula is C27H20BrCl2IN2O5. The lowest BCUT2D eigenvalue weighted by Crippen LogP contribution is -2.54. The molecule has 0 atom stereocenters. The zero-order valence-electron chi connectivity index (χ0n) is 20.1. The van der Waals surface area contributed by atoms with Crippen LogP contribution >= 0.6 is 61.7 Å². The number of rotatable bonds is 7. The van der Waals surface area contributed by atoms with E-state index in [2.05, 4.69) is 43.8 Å². The van der Waals surface area contributed by atoms with Crippen molar-refractivity contribution in [1.29, 1.82) is 0 Å². The van der Waals surface area contributed by atoms with Crippen molar-refractivity contribution in [3.8, 4) is 11.5 Å². The second-order valence-electron chi connectivity index (χ2n) is 8.18. The quantitative estimate of drug-likeness (QED) is 0.157. The summed E-state index contributed by atoms with van der Waals surface area (Å²) in [7, 11) is 0. The molecule has 3 aromatic rings. The van der Waals surface area contributed by atoms with Gasteiger partial charge in [0.1, 0.15) is 12.2 Å². The van der Waals surface area contributed by atoms with Gasteiger partial charge in [-0.3, -0.25) is 14.9 Å². The molecule has 0 saturated carbocycles. The molecule has 4 rings (SSSR count). The van der Waals surface area contributed by atoms with Crippen LogP contribution in [-0.2, 0) is 16.2 Å². The third-order valence-electron chi connectivity index (χ3n) is 5.53. The summed E-state index contributed by atoms with van der Waals surface area (Å²) in [5.74, 6) is -0.592. The van der Waals surface area contributed by atoms with Gasteiger partial charge < -0.3 is 9.47 Å². The summed E-state index contributed by atoms with van der Waals surface area (Å²) in [6.07, 6.45) is 1.43. The molecule has 7 nitrogen and oxygen atoms in total. The average molecular weight is 730 g/mol. The number of ether oxygens (including phenoxy) is 2. The van der Waals surface area contributed by atoms with Crippen LogP contribution in [0, 0.1) is 10.5 Å². The Labute approximate surface area is 251 Å². The zero-order chi connectivity index (χ0) is 27.6. The molecule has 0 aromatic heterocycles. The van der Waals surface area contributed by atoms with Gasteiger partial charge in [-0.15, -0.1) is 0 Å². The third-order valence-corrected chi connectivity index (χ3v) is 7.41. The maximum atomic E-state index is 13.4. The van der Waals surface area contributed by atoms with E-state index in [1.165, 1.54) is 6.08 Å². The zero-order valence-corrected chi connectivity index (χ0v) is 25.4. The first-order chi connectivity index (χ1) is 18.1. The summed E-state index contributed by atoms with van der Waals surface area (Å²) < 4.78 is 13.3. The summed E-state index contributed by atoms with van der Waals surface area (Å²) in [5.41, 5.74) is 2.15. The predicted molar refractivity (Wildman–Crippen MR) is 159 cm³/mol. The van der Waals surface area contributed by atoms with E-state index in [0.29, 0.717) is 48.5 Å². The minimum absolute atomic E-state index is 0.178. The summed E-state index contributed by atoms with van der Waals surface area (Å²) in [6, 6.07) is 12.9. The van der Waals surface area contributed by atoms with Crippen LogP contribution in [0.4, 0.5) is 10.5 Å². The van der Waals surface area contributed by atoms with Gasteiger partial charge in [0, 0.05) is 20.1 Å². The number of halogens is 4. The van der Waals surface area contributed by atoms with Crippen LogP contribution in [0.1, 0.15) is 23.6 Å². The van der Waals surface area contributed by atoms with Crippen LogP contribution in [0.5, 0.6) is 11.5 Å². The van der Waals surface area contributed by atoms with E-state index in [1.807, 2.05) is 6.92 Å². The smallest absolute Gasteiger partial charge is 0.335 e. The maximum Gasteiger partial charge on any atom is 0.335 e. The Morgan fingerprint density at radius 3 is 2.50 bits per heavy atom. The Hall–Kier alpha value is -2.60. The Morgan fingerprint density at radius 1 is 1.05 bits per heavy atom. The molecule has 1 heterocycles. The number of urea groups is 1. The molecule has 0 bridgehead atoms. The normalized spacial score (nSPS) is 14.6. The van der Waals surface area contributed by atoms with Crippen molar-refractivity contribution in [3.63, 3.8) is 0 Å². The lowest BCUT2D eigenvalue weighted by molar-refractivity contribution is -0.122. The monoisotopic (exact) mass is 728 g/mol. The van der Waals surface area contributed by atoms with Gasteiger partial charge in [-0.1, -0.05) is 45.2 Å². The summed E-state index contributed by atoms with van der Waals surface area (Å²) in [4.78, 5) is 39.6. The number of carbonyl (C=O) groups excluding carboxylic acids is 3. The van der Waals surface area contributed by atoms with Crippen LogP contribution in [0.15, 0.2) is 58.6 Å². The summed E-state index contributed by atoms with van der Waals surface area (Å²) in [6.45, 7) is 4.14. The largest absolute Gasteiger partial charge is 0.490 e. The Kier molecular flexibility index (Phi) is 9.02. The fraction of sp³-hybridized carbons (Fsp3) is 0.148. The predicted octanol–water partition coefficient (Wildman–Crippen LogP) is 7.31. The second-order valence-corrected chi connectivity index (χ2v) is 11.1.